The lowest BCUT2D eigenvalue weighted by molar-refractivity contribution is -0.0757. The molecule has 5 atom stereocenters. The summed E-state index contributed by atoms with van der Waals surface area (Å²) in [5, 5.41) is 24.3. The molecule has 0 saturated carbocycles. The van der Waals surface area contributed by atoms with Crippen LogP contribution in [0, 0.1) is 12.3 Å². The topological polar surface area (TPSA) is 178 Å². The van der Waals surface area contributed by atoms with E-state index in [1.165, 1.54) is 12.1 Å². The highest BCUT2D eigenvalue weighted by molar-refractivity contribution is 7.52. The van der Waals surface area contributed by atoms with Gasteiger partial charge in [-0.05, 0) is 24.3 Å². The van der Waals surface area contributed by atoms with E-state index in [-0.39, 0.29) is 18.9 Å². The van der Waals surface area contributed by atoms with E-state index < -0.39 is 55.6 Å². The third-order valence-corrected chi connectivity index (χ3v) is 7.40. The van der Waals surface area contributed by atoms with Crippen LogP contribution in [0.25, 0.3) is 0 Å². The Morgan fingerprint density at radius 1 is 1.15 bits per heavy atom. The maximum Gasteiger partial charge on any atom is 0.458 e. The largest absolute Gasteiger partial charge is 0.461 e. The number of rotatable bonds is 11. The summed E-state index contributed by atoms with van der Waals surface area (Å²) < 4.78 is 36.3. The number of aliphatic hydroxyl groups excluding tert-OH is 1. The first-order valence-corrected chi connectivity index (χ1v) is 13.5. The van der Waals surface area contributed by atoms with E-state index in [0.717, 1.165) is 16.8 Å². The molecule has 1 aliphatic rings. The van der Waals surface area contributed by atoms with Crippen molar-refractivity contribution in [2.75, 3.05) is 19.8 Å². The molecule has 1 saturated heterocycles. The summed E-state index contributed by atoms with van der Waals surface area (Å²) in [6.07, 6.45) is 1.73. The number of hydrogen-bond acceptors (Lipinski definition) is 10. The smallest absolute Gasteiger partial charge is 0.458 e. The fourth-order valence-electron chi connectivity index (χ4n) is 3.83. The van der Waals surface area contributed by atoms with Gasteiger partial charge >= 0.3 is 19.4 Å². The zero-order valence-corrected chi connectivity index (χ0v) is 21.8. The SMILES string of the molecule is C#C[C@@]1(O)[C@H](O)C(COP(=O)(NCCOC(=O)c2ccccc2)Oc2ccccc2)O[C@H]1n1ccc(=O)[nH]c1=O. The number of ether oxygens (including phenoxy) is 2. The van der Waals surface area contributed by atoms with Gasteiger partial charge in [0.05, 0.1) is 12.2 Å². The number of carbonyl (C=O) groups is 1. The highest BCUT2D eigenvalue weighted by Crippen LogP contribution is 2.46. The van der Waals surface area contributed by atoms with Gasteiger partial charge in [-0.1, -0.05) is 42.3 Å². The lowest BCUT2D eigenvalue weighted by Crippen LogP contribution is -2.48. The van der Waals surface area contributed by atoms with Gasteiger partial charge in [-0.15, -0.1) is 6.42 Å². The molecule has 0 aliphatic carbocycles. The number of nitrogens with zero attached hydrogens (tertiary/aromatic N) is 1. The predicted molar refractivity (Wildman–Crippen MR) is 140 cm³/mol. The van der Waals surface area contributed by atoms with Gasteiger partial charge in [0.15, 0.2) is 11.8 Å². The van der Waals surface area contributed by atoms with E-state index in [9.17, 15) is 29.2 Å². The number of para-hydroxylation sites is 1. The molecule has 2 unspecified atom stereocenters. The normalized spacial score (nSPS) is 23.6. The first-order valence-electron chi connectivity index (χ1n) is 12.0. The number of aromatic nitrogens is 2. The lowest BCUT2D eigenvalue weighted by Gasteiger charge is -2.26. The average Bonchev–Trinajstić information content (AvgIpc) is 3.21. The molecule has 0 radical (unpaired) electrons. The molecular formula is C26H26N3O10P. The van der Waals surface area contributed by atoms with Gasteiger partial charge in [0.25, 0.3) is 5.56 Å². The van der Waals surface area contributed by atoms with Crippen LogP contribution >= 0.6 is 7.75 Å². The van der Waals surface area contributed by atoms with Gasteiger partial charge in [0.1, 0.15) is 24.6 Å². The number of benzene rings is 2. The van der Waals surface area contributed by atoms with Crippen molar-refractivity contribution < 1.29 is 38.1 Å². The molecule has 4 N–H and O–H groups in total. The van der Waals surface area contributed by atoms with Crippen molar-refractivity contribution in [3.63, 3.8) is 0 Å². The van der Waals surface area contributed by atoms with Crippen LogP contribution in [0.1, 0.15) is 16.6 Å². The second-order valence-corrected chi connectivity index (χ2v) is 10.3. The molecule has 0 spiro atoms. The van der Waals surface area contributed by atoms with Crippen molar-refractivity contribution in [3.8, 4) is 18.1 Å². The van der Waals surface area contributed by atoms with Crippen LogP contribution in [0.15, 0.2) is 82.5 Å². The number of carbonyl (C=O) groups excluding carboxylic acids is 1. The summed E-state index contributed by atoms with van der Waals surface area (Å²) in [4.78, 5) is 37.9. The first-order chi connectivity index (χ1) is 19.1. The van der Waals surface area contributed by atoms with E-state index in [4.69, 9.17) is 24.9 Å². The van der Waals surface area contributed by atoms with Crippen molar-refractivity contribution in [2.45, 2.75) is 24.0 Å². The molecule has 3 aromatic rings. The number of terminal acetylenes is 1. The monoisotopic (exact) mass is 571 g/mol. The number of nitrogens with one attached hydrogen (secondary N) is 2. The van der Waals surface area contributed by atoms with Gasteiger partial charge < -0.3 is 24.2 Å². The van der Waals surface area contributed by atoms with Crippen molar-refractivity contribution in [1.82, 2.24) is 14.6 Å². The average molecular weight is 571 g/mol. The predicted octanol–water partition coefficient (Wildman–Crippen LogP) is 0.809. The van der Waals surface area contributed by atoms with E-state index >= 15 is 0 Å². The molecule has 1 aliphatic heterocycles. The fourth-order valence-corrected chi connectivity index (χ4v) is 5.15. The van der Waals surface area contributed by atoms with Crippen LogP contribution in [0.5, 0.6) is 5.75 Å². The van der Waals surface area contributed by atoms with Crippen molar-refractivity contribution in [3.05, 3.63) is 99.3 Å². The molecule has 2 heterocycles. The fraction of sp³-hybridized carbons (Fsp3) is 0.269. The first kappa shape index (κ1) is 29.0. The van der Waals surface area contributed by atoms with Crippen molar-refractivity contribution >= 4 is 13.7 Å². The molecule has 1 aromatic heterocycles. The van der Waals surface area contributed by atoms with Gasteiger partial charge in [-0.25, -0.2) is 19.2 Å². The van der Waals surface area contributed by atoms with Crippen molar-refractivity contribution in [2.24, 2.45) is 0 Å². The molecule has 4 rings (SSSR count). The van der Waals surface area contributed by atoms with Crippen LogP contribution in [-0.2, 0) is 18.6 Å². The number of aliphatic hydroxyl groups is 2. The van der Waals surface area contributed by atoms with E-state index in [1.807, 2.05) is 10.9 Å². The molecular weight excluding hydrogens is 545 g/mol. The summed E-state index contributed by atoms with van der Waals surface area (Å²) >= 11 is 0. The lowest BCUT2D eigenvalue weighted by atomic mass is 9.95. The Hall–Kier alpha value is -4.02. The molecule has 0 amide bonds. The maximum absolute atomic E-state index is 13.6. The minimum absolute atomic E-state index is 0.138. The second-order valence-electron chi connectivity index (χ2n) is 8.57. The Kier molecular flexibility index (Phi) is 9.01. The minimum atomic E-state index is -4.19. The summed E-state index contributed by atoms with van der Waals surface area (Å²) in [6, 6.07) is 17.4. The Morgan fingerprint density at radius 2 is 1.82 bits per heavy atom. The van der Waals surface area contributed by atoms with Crippen LogP contribution in [0.3, 0.4) is 0 Å². The molecule has 14 heteroatoms. The maximum atomic E-state index is 13.6. The summed E-state index contributed by atoms with van der Waals surface area (Å²) in [6.45, 7) is -0.934. The third kappa shape index (κ3) is 6.57. The van der Waals surface area contributed by atoms with Gasteiger partial charge in [0, 0.05) is 18.8 Å². The van der Waals surface area contributed by atoms with Gasteiger partial charge in [0.2, 0.25) is 0 Å². The van der Waals surface area contributed by atoms with Crippen molar-refractivity contribution in [1.29, 1.82) is 0 Å². The van der Waals surface area contributed by atoms with E-state index in [0.29, 0.717) is 5.56 Å². The standard InChI is InChI=1S/C26H26N3O10P/c1-2-26(34)22(31)20(38-24(26)29-15-13-21(30)28-25(29)33)17-37-40(35,39-19-11-7-4-8-12-19)27-14-16-36-23(32)18-9-5-3-6-10-18/h1,3-13,15,20,22,24,31,34H,14,16-17H2,(H,27,35)(H,28,30,33)/t20?,22-,24-,26-,40?/m1/s1. The Bertz CT molecular complexity index is 1520. The highest BCUT2D eigenvalue weighted by atomic mass is 31.2. The zero-order valence-electron chi connectivity index (χ0n) is 20.9. The van der Waals surface area contributed by atoms with Gasteiger partial charge in [-0.3, -0.25) is 18.9 Å². The highest BCUT2D eigenvalue weighted by Gasteiger charge is 2.56. The molecule has 210 valence electrons. The van der Waals surface area contributed by atoms with E-state index in [2.05, 4.69) is 5.09 Å². The molecule has 2 aromatic carbocycles. The zero-order chi connectivity index (χ0) is 28.8. The number of esters is 1. The molecule has 1 fully saturated rings. The van der Waals surface area contributed by atoms with Gasteiger partial charge in [-0.2, -0.15) is 0 Å². The summed E-state index contributed by atoms with van der Waals surface area (Å²) in [7, 11) is -4.19. The second kappa shape index (κ2) is 12.4. The quantitative estimate of drug-likeness (QED) is 0.111. The van der Waals surface area contributed by atoms with E-state index in [1.54, 1.807) is 48.5 Å². The van der Waals surface area contributed by atoms with Crippen LogP contribution in [0.2, 0.25) is 0 Å². The number of hydrogen-bond donors (Lipinski definition) is 4. The summed E-state index contributed by atoms with van der Waals surface area (Å²) in [5.41, 5.74) is -3.69. The number of aromatic amines is 1. The van der Waals surface area contributed by atoms with Crippen LogP contribution in [-0.4, -0.2) is 63.3 Å². The van der Waals surface area contributed by atoms with Crippen LogP contribution in [0.4, 0.5) is 0 Å². The summed E-state index contributed by atoms with van der Waals surface area (Å²) in [5.74, 6) is 1.63. The number of H-pyrrole nitrogens is 1. The third-order valence-electron chi connectivity index (χ3n) is 5.85. The Balaban J connectivity index is 1.45. The Labute approximate surface area is 227 Å². The molecule has 0 bridgehead atoms. The minimum Gasteiger partial charge on any atom is -0.461 e. The Morgan fingerprint density at radius 3 is 2.48 bits per heavy atom. The molecule has 13 nitrogen and oxygen atoms in total. The molecule has 40 heavy (non-hydrogen) atoms. The van der Waals surface area contributed by atoms with Crippen LogP contribution < -0.4 is 20.9 Å².